The van der Waals surface area contributed by atoms with Gasteiger partial charge in [-0.3, -0.25) is 9.36 Å². The molecule has 0 aliphatic heterocycles. The van der Waals surface area contributed by atoms with Gasteiger partial charge in [0.1, 0.15) is 4.83 Å². The van der Waals surface area contributed by atoms with Crippen molar-refractivity contribution in [3.05, 3.63) is 28.1 Å². The largest absolute Gasteiger partial charge is 0.312 e. The smallest absolute Gasteiger partial charge is 0.262 e. The molecule has 2 rings (SSSR count). The van der Waals surface area contributed by atoms with Gasteiger partial charge < -0.3 is 5.32 Å². The molecule has 4 nitrogen and oxygen atoms in total. The summed E-state index contributed by atoms with van der Waals surface area (Å²) in [7, 11) is 0. The quantitative estimate of drug-likeness (QED) is 0.854. The minimum atomic E-state index is 0.0629. The second-order valence-electron chi connectivity index (χ2n) is 5.71. The van der Waals surface area contributed by atoms with Gasteiger partial charge in [0.2, 0.25) is 0 Å². The molecule has 2 heterocycles. The number of nitrogens with zero attached hydrogens (tertiary/aromatic N) is 2. The van der Waals surface area contributed by atoms with E-state index >= 15 is 0 Å². The zero-order chi connectivity index (χ0) is 14.5. The van der Waals surface area contributed by atoms with Crippen LogP contribution in [-0.2, 0) is 6.54 Å². The van der Waals surface area contributed by atoms with E-state index in [1.165, 1.54) is 24.2 Å². The minimum absolute atomic E-state index is 0.0629. The van der Waals surface area contributed by atoms with Crippen LogP contribution in [0.2, 0.25) is 0 Å². The van der Waals surface area contributed by atoms with Crippen LogP contribution < -0.4 is 10.9 Å². The van der Waals surface area contributed by atoms with Crippen LogP contribution in [0.4, 0.5) is 0 Å². The second-order valence-corrected chi connectivity index (χ2v) is 6.60. The molecule has 0 fully saturated rings. The van der Waals surface area contributed by atoms with Crippen molar-refractivity contribution in [2.75, 3.05) is 6.54 Å². The zero-order valence-electron chi connectivity index (χ0n) is 12.4. The van der Waals surface area contributed by atoms with Gasteiger partial charge in [-0.05, 0) is 37.1 Å². The average molecular weight is 293 g/mol. The Kier molecular flexibility index (Phi) is 5.31. The van der Waals surface area contributed by atoms with Crippen LogP contribution in [0.25, 0.3) is 10.2 Å². The molecule has 0 spiro atoms. The van der Waals surface area contributed by atoms with Gasteiger partial charge in [0.15, 0.2) is 0 Å². The molecule has 0 aliphatic rings. The van der Waals surface area contributed by atoms with Crippen molar-refractivity contribution < 1.29 is 0 Å². The predicted octanol–water partition coefficient (Wildman–Crippen LogP) is 2.87. The molecule has 0 saturated heterocycles. The van der Waals surface area contributed by atoms with Crippen molar-refractivity contribution in [2.24, 2.45) is 5.92 Å². The fraction of sp³-hybridized carbons (Fsp3) is 0.600. The topological polar surface area (TPSA) is 46.9 Å². The number of nitrogens with one attached hydrogen (secondary N) is 1. The molecule has 2 aromatic heterocycles. The predicted molar refractivity (Wildman–Crippen MR) is 85.4 cm³/mol. The van der Waals surface area contributed by atoms with Gasteiger partial charge >= 0.3 is 0 Å². The lowest BCUT2D eigenvalue weighted by Gasteiger charge is -2.15. The Labute approximate surface area is 123 Å². The number of rotatable bonds is 7. The van der Waals surface area contributed by atoms with E-state index in [1.807, 2.05) is 11.4 Å². The molecule has 20 heavy (non-hydrogen) atoms. The first-order valence-corrected chi connectivity index (χ1v) is 8.12. The van der Waals surface area contributed by atoms with Crippen LogP contribution >= 0.6 is 11.3 Å². The summed E-state index contributed by atoms with van der Waals surface area (Å²) in [6.07, 6.45) is 4.06. The molecular weight excluding hydrogens is 270 g/mol. The van der Waals surface area contributed by atoms with Gasteiger partial charge in [0, 0.05) is 19.1 Å². The van der Waals surface area contributed by atoms with Crippen LogP contribution in [0, 0.1) is 5.92 Å². The first-order chi connectivity index (χ1) is 9.58. The standard InChI is InChI=1S/C15H23N3OS/c1-11(2)4-5-12(3)16-7-8-18-10-17-14-13(15(18)19)6-9-20-14/h6,9-12,16H,4-5,7-8H2,1-3H3. The van der Waals surface area contributed by atoms with Crippen LogP contribution in [0.15, 0.2) is 22.6 Å². The van der Waals surface area contributed by atoms with E-state index in [0.29, 0.717) is 12.6 Å². The van der Waals surface area contributed by atoms with E-state index in [0.717, 1.165) is 22.7 Å². The maximum atomic E-state index is 12.2. The fourth-order valence-electron chi connectivity index (χ4n) is 2.17. The summed E-state index contributed by atoms with van der Waals surface area (Å²) in [4.78, 5) is 17.3. The number of hydrogen-bond donors (Lipinski definition) is 1. The molecule has 1 atom stereocenters. The molecule has 2 aromatic rings. The summed E-state index contributed by atoms with van der Waals surface area (Å²) < 4.78 is 1.69. The summed E-state index contributed by atoms with van der Waals surface area (Å²) in [5.41, 5.74) is 0.0629. The van der Waals surface area contributed by atoms with Crippen LogP contribution in [0.1, 0.15) is 33.6 Å². The van der Waals surface area contributed by atoms with Crippen molar-refractivity contribution in [2.45, 2.75) is 46.2 Å². The maximum absolute atomic E-state index is 12.2. The fourth-order valence-corrected chi connectivity index (χ4v) is 2.89. The Balaban J connectivity index is 1.86. The molecule has 0 saturated carbocycles. The van der Waals surface area contributed by atoms with Crippen molar-refractivity contribution in [3.63, 3.8) is 0 Å². The van der Waals surface area contributed by atoms with Gasteiger partial charge in [0.05, 0.1) is 11.7 Å². The van der Waals surface area contributed by atoms with E-state index in [-0.39, 0.29) is 5.56 Å². The Morgan fingerprint density at radius 3 is 2.90 bits per heavy atom. The average Bonchev–Trinajstić information content (AvgIpc) is 2.88. The molecule has 0 amide bonds. The van der Waals surface area contributed by atoms with Crippen LogP contribution in [0.3, 0.4) is 0 Å². The maximum Gasteiger partial charge on any atom is 0.262 e. The van der Waals surface area contributed by atoms with Gasteiger partial charge in [-0.1, -0.05) is 13.8 Å². The van der Waals surface area contributed by atoms with Crippen molar-refractivity contribution in [1.82, 2.24) is 14.9 Å². The van der Waals surface area contributed by atoms with Gasteiger partial charge in [-0.15, -0.1) is 11.3 Å². The number of hydrogen-bond acceptors (Lipinski definition) is 4. The minimum Gasteiger partial charge on any atom is -0.312 e. The summed E-state index contributed by atoms with van der Waals surface area (Å²) in [6.45, 7) is 8.16. The third kappa shape index (κ3) is 3.90. The Morgan fingerprint density at radius 2 is 2.15 bits per heavy atom. The molecule has 1 unspecified atom stereocenters. The molecule has 1 N–H and O–H groups in total. The lowest BCUT2D eigenvalue weighted by atomic mass is 10.0. The lowest BCUT2D eigenvalue weighted by molar-refractivity contribution is 0.439. The van der Waals surface area contributed by atoms with E-state index in [9.17, 15) is 4.79 Å². The highest BCUT2D eigenvalue weighted by Crippen LogP contribution is 2.13. The molecule has 0 aromatic carbocycles. The number of fused-ring (bicyclic) bond motifs is 1. The summed E-state index contributed by atoms with van der Waals surface area (Å²) >= 11 is 1.51. The van der Waals surface area contributed by atoms with Crippen molar-refractivity contribution in [3.8, 4) is 0 Å². The molecule has 5 heteroatoms. The number of aromatic nitrogens is 2. The Hall–Kier alpha value is -1.20. The normalized spacial score (nSPS) is 13.2. The Bertz CT molecular complexity index is 602. The molecule has 0 bridgehead atoms. The highest BCUT2D eigenvalue weighted by atomic mass is 32.1. The zero-order valence-corrected chi connectivity index (χ0v) is 13.2. The third-order valence-corrected chi connectivity index (χ3v) is 4.29. The van der Waals surface area contributed by atoms with Crippen LogP contribution in [0.5, 0.6) is 0 Å². The molecule has 0 radical (unpaired) electrons. The monoisotopic (exact) mass is 293 g/mol. The molecule has 0 aliphatic carbocycles. The molecule has 110 valence electrons. The highest BCUT2D eigenvalue weighted by Gasteiger charge is 2.06. The SMILES string of the molecule is CC(C)CCC(C)NCCn1cnc2sccc2c1=O. The van der Waals surface area contributed by atoms with Crippen LogP contribution in [-0.4, -0.2) is 22.1 Å². The van der Waals surface area contributed by atoms with Gasteiger partial charge in [-0.2, -0.15) is 0 Å². The third-order valence-electron chi connectivity index (χ3n) is 3.47. The van der Waals surface area contributed by atoms with Crippen molar-refractivity contribution >= 4 is 21.6 Å². The highest BCUT2D eigenvalue weighted by molar-refractivity contribution is 7.16. The van der Waals surface area contributed by atoms with E-state index in [2.05, 4.69) is 31.1 Å². The van der Waals surface area contributed by atoms with E-state index in [1.54, 1.807) is 10.9 Å². The number of thiophene rings is 1. The van der Waals surface area contributed by atoms with Crippen molar-refractivity contribution in [1.29, 1.82) is 0 Å². The molecular formula is C15H23N3OS. The van der Waals surface area contributed by atoms with E-state index in [4.69, 9.17) is 0 Å². The van der Waals surface area contributed by atoms with Gasteiger partial charge in [-0.25, -0.2) is 4.98 Å². The first kappa shape index (κ1) is 15.2. The second kappa shape index (κ2) is 6.99. The lowest BCUT2D eigenvalue weighted by Crippen LogP contribution is -2.32. The summed E-state index contributed by atoms with van der Waals surface area (Å²) in [5.74, 6) is 0.743. The summed E-state index contributed by atoms with van der Waals surface area (Å²) in [6, 6.07) is 2.34. The first-order valence-electron chi connectivity index (χ1n) is 7.24. The van der Waals surface area contributed by atoms with E-state index < -0.39 is 0 Å². The summed E-state index contributed by atoms with van der Waals surface area (Å²) in [5, 5.41) is 6.11. The van der Waals surface area contributed by atoms with Gasteiger partial charge in [0.25, 0.3) is 5.56 Å². The Morgan fingerprint density at radius 1 is 1.35 bits per heavy atom.